The Morgan fingerprint density at radius 1 is 0.311 bits per heavy atom. The van der Waals surface area contributed by atoms with E-state index in [0.717, 1.165) is 57.8 Å². The number of esters is 3. The molecule has 0 bridgehead atoms. The summed E-state index contributed by atoms with van der Waals surface area (Å²) in [5, 5.41) is 0. The van der Waals surface area contributed by atoms with Gasteiger partial charge in [-0.05, 0) is 44.9 Å². The molecule has 0 heterocycles. The van der Waals surface area contributed by atoms with E-state index in [4.69, 9.17) is 14.2 Å². The number of ether oxygens (including phenoxy) is 3. The van der Waals surface area contributed by atoms with Crippen molar-refractivity contribution >= 4 is 17.9 Å². The first-order chi connectivity index (χ1) is 30.0. The molecule has 0 rings (SSSR count). The first-order valence-electron chi connectivity index (χ1n) is 27.2. The fourth-order valence-corrected chi connectivity index (χ4v) is 8.14. The summed E-state index contributed by atoms with van der Waals surface area (Å²) in [4.78, 5) is 37.8. The molecule has 0 radical (unpaired) electrons. The van der Waals surface area contributed by atoms with Gasteiger partial charge in [0.15, 0.2) is 6.10 Å². The van der Waals surface area contributed by atoms with Crippen molar-refractivity contribution in [3.8, 4) is 0 Å². The van der Waals surface area contributed by atoms with Gasteiger partial charge < -0.3 is 14.2 Å². The Labute approximate surface area is 380 Å². The quantitative estimate of drug-likeness (QED) is 0.0262. The predicted octanol–water partition coefficient (Wildman–Crippen LogP) is 17.8. The minimum atomic E-state index is -0.761. The molecule has 360 valence electrons. The molecule has 6 nitrogen and oxygen atoms in total. The molecule has 0 saturated carbocycles. The number of carbonyl (C=O) groups is 3. The molecule has 6 heteroatoms. The highest BCUT2D eigenvalue weighted by molar-refractivity contribution is 5.71. The predicted molar refractivity (Wildman–Crippen MR) is 261 cm³/mol. The molecule has 0 N–H and O–H groups in total. The Morgan fingerprint density at radius 2 is 0.541 bits per heavy atom. The van der Waals surface area contributed by atoms with Gasteiger partial charge in [0.2, 0.25) is 0 Å². The molecule has 0 saturated heterocycles. The Bertz CT molecular complexity index is 947. The van der Waals surface area contributed by atoms with E-state index in [2.05, 4.69) is 32.9 Å². The number of hydrogen-bond acceptors (Lipinski definition) is 6. The van der Waals surface area contributed by atoms with Crippen LogP contribution >= 0.6 is 0 Å². The highest BCUT2D eigenvalue weighted by atomic mass is 16.6. The maximum absolute atomic E-state index is 12.7. The average Bonchev–Trinajstić information content (AvgIpc) is 3.26. The van der Waals surface area contributed by atoms with E-state index >= 15 is 0 Å². The molecule has 0 aliphatic carbocycles. The van der Waals surface area contributed by atoms with Crippen molar-refractivity contribution < 1.29 is 28.6 Å². The summed E-state index contributed by atoms with van der Waals surface area (Å²) < 4.78 is 16.7. The molecule has 61 heavy (non-hydrogen) atoms. The minimum absolute atomic E-state index is 0.0651. The maximum Gasteiger partial charge on any atom is 0.306 e. The molecule has 0 amide bonds. The largest absolute Gasteiger partial charge is 0.462 e. The van der Waals surface area contributed by atoms with Crippen LogP contribution in [0.25, 0.3) is 0 Å². The molecule has 1 atom stereocenters. The van der Waals surface area contributed by atoms with E-state index in [9.17, 15) is 14.4 Å². The van der Waals surface area contributed by atoms with E-state index in [-0.39, 0.29) is 31.1 Å². The van der Waals surface area contributed by atoms with Gasteiger partial charge in [-0.25, -0.2) is 0 Å². The number of rotatable bonds is 50. The van der Waals surface area contributed by atoms with Crippen LogP contribution in [0.2, 0.25) is 0 Å². The first-order valence-corrected chi connectivity index (χ1v) is 27.2. The zero-order chi connectivity index (χ0) is 44.4. The number of unbranched alkanes of at least 4 members (excludes halogenated alkanes) is 37. The Hall–Kier alpha value is -1.85. The third-order valence-electron chi connectivity index (χ3n) is 12.3. The lowest BCUT2D eigenvalue weighted by Gasteiger charge is -2.18. The summed E-state index contributed by atoms with van der Waals surface area (Å²) >= 11 is 0. The maximum atomic E-state index is 12.7. The smallest absolute Gasteiger partial charge is 0.306 e. The zero-order valence-corrected chi connectivity index (χ0v) is 41.2. The van der Waals surface area contributed by atoms with Gasteiger partial charge in [-0.15, -0.1) is 0 Å². The topological polar surface area (TPSA) is 78.9 Å². The second-order valence-corrected chi connectivity index (χ2v) is 18.5. The van der Waals surface area contributed by atoms with E-state index in [1.807, 2.05) is 0 Å². The van der Waals surface area contributed by atoms with Crippen LogP contribution in [-0.2, 0) is 28.6 Å². The van der Waals surface area contributed by atoms with E-state index in [1.54, 1.807) is 0 Å². The van der Waals surface area contributed by atoms with Crippen molar-refractivity contribution in [3.05, 3.63) is 12.2 Å². The van der Waals surface area contributed by atoms with Crippen LogP contribution in [0.15, 0.2) is 12.2 Å². The highest BCUT2D eigenvalue weighted by Crippen LogP contribution is 2.16. The van der Waals surface area contributed by atoms with Crippen LogP contribution in [0.1, 0.15) is 303 Å². The third-order valence-corrected chi connectivity index (χ3v) is 12.3. The van der Waals surface area contributed by atoms with Crippen molar-refractivity contribution in [1.29, 1.82) is 0 Å². The van der Waals surface area contributed by atoms with E-state index in [1.165, 1.54) is 205 Å². The van der Waals surface area contributed by atoms with Gasteiger partial charge in [-0.1, -0.05) is 251 Å². The second kappa shape index (κ2) is 50.8. The third kappa shape index (κ3) is 49.0. The summed E-state index contributed by atoms with van der Waals surface area (Å²) in [6.07, 6.45) is 56.5. The highest BCUT2D eigenvalue weighted by Gasteiger charge is 2.19. The fraction of sp³-hybridized carbons (Fsp3) is 0.909. The van der Waals surface area contributed by atoms with Crippen molar-refractivity contribution in [2.75, 3.05) is 13.2 Å². The zero-order valence-electron chi connectivity index (χ0n) is 41.2. The van der Waals surface area contributed by atoms with Gasteiger partial charge in [-0.3, -0.25) is 14.4 Å². The molecule has 0 aliphatic heterocycles. The molecule has 0 aromatic heterocycles. The Balaban J connectivity index is 4.05. The van der Waals surface area contributed by atoms with Crippen molar-refractivity contribution in [2.24, 2.45) is 0 Å². The van der Waals surface area contributed by atoms with Gasteiger partial charge in [0.05, 0.1) is 0 Å². The van der Waals surface area contributed by atoms with Crippen LogP contribution in [0.5, 0.6) is 0 Å². The first kappa shape index (κ1) is 59.1. The van der Waals surface area contributed by atoms with Crippen molar-refractivity contribution in [3.63, 3.8) is 0 Å². The van der Waals surface area contributed by atoms with Gasteiger partial charge in [-0.2, -0.15) is 0 Å². The summed E-state index contributed by atoms with van der Waals surface area (Å²) in [6, 6.07) is 0. The van der Waals surface area contributed by atoms with Gasteiger partial charge >= 0.3 is 17.9 Å². The second-order valence-electron chi connectivity index (χ2n) is 18.5. The van der Waals surface area contributed by atoms with Crippen molar-refractivity contribution in [1.82, 2.24) is 0 Å². The summed E-state index contributed by atoms with van der Waals surface area (Å²) in [5.74, 6) is -0.855. The minimum Gasteiger partial charge on any atom is -0.462 e. The Morgan fingerprint density at radius 3 is 0.820 bits per heavy atom. The molecule has 0 spiro atoms. The lowest BCUT2D eigenvalue weighted by molar-refractivity contribution is -0.167. The van der Waals surface area contributed by atoms with Crippen LogP contribution in [-0.4, -0.2) is 37.2 Å². The standard InChI is InChI=1S/C55H104O6/c1-4-7-10-13-16-19-20-21-22-23-24-25-26-27-28-29-30-31-32-33-34-37-39-42-45-48-54(57)60-51-52(61-55(58)49-46-43-40-36-18-15-12-9-6-3)50-59-53(56)47-44-41-38-35-17-14-11-8-5-2/h23-24,52H,4-22,25-51H2,1-3H3/b24-23-. The van der Waals surface area contributed by atoms with Gasteiger partial charge in [0.25, 0.3) is 0 Å². The van der Waals surface area contributed by atoms with E-state index < -0.39 is 6.10 Å². The monoisotopic (exact) mass is 861 g/mol. The van der Waals surface area contributed by atoms with Crippen LogP contribution in [0, 0.1) is 0 Å². The lowest BCUT2D eigenvalue weighted by Crippen LogP contribution is -2.30. The molecule has 0 aliphatic rings. The number of carbonyl (C=O) groups excluding carboxylic acids is 3. The fourth-order valence-electron chi connectivity index (χ4n) is 8.14. The SMILES string of the molecule is CCCCCCCCCC/C=C\CCCCCCCCCCCCCCCC(=O)OCC(COC(=O)CCCCCCCCCCC)OC(=O)CCCCCCCCCCC. The van der Waals surface area contributed by atoms with Crippen LogP contribution in [0.3, 0.4) is 0 Å². The molecule has 0 aromatic carbocycles. The summed E-state index contributed by atoms with van der Waals surface area (Å²) in [6.45, 7) is 6.63. The number of allylic oxidation sites excluding steroid dienone is 2. The Kier molecular flexibility index (Phi) is 49.3. The molecule has 1 unspecified atom stereocenters. The molecular formula is C55H104O6. The average molecular weight is 861 g/mol. The van der Waals surface area contributed by atoms with E-state index in [0.29, 0.717) is 19.3 Å². The van der Waals surface area contributed by atoms with Crippen LogP contribution in [0.4, 0.5) is 0 Å². The summed E-state index contributed by atoms with van der Waals surface area (Å²) in [7, 11) is 0. The van der Waals surface area contributed by atoms with Crippen LogP contribution < -0.4 is 0 Å². The van der Waals surface area contributed by atoms with Crippen molar-refractivity contribution in [2.45, 2.75) is 309 Å². The summed E-state index contributed by atoms with van der Waals surface area (Å²) in [5.41, 5.74) is 0. The molecule has 0 aromatic rings. The lowest BCUT2D eigenvalue weighted by atomic mass is 10.0. The van der Waals surface area contributed by atoms with Gasteiger partial charge in [0, 0.05) is 19.3 Å². The van der Waals surface area contributed by atoms with Gasteiger partial charge in [0.1, 0.15) is 13.2 Å². The normalized spacial score (nSPS) is 12.0. The number of hydrogen-bond donors (Lipinski definition) is 0. The molecular weight excluding hydrogens is 757 g/mol. The molecule has 0 fully saturated rings.